The molecule has 0 unspecified atom stereocenters. The van der Waals surface area contributed by atoms with Gasteiger partial charge in [-0.3, -0.25) is 9.59 Å². The van der Waals surface area contributed by atoms with E-state index in [1.165, 1.54) is 35.6 Å². The summed E-state index contributed by atoms with van der Waals surface area (Å²) in [6.45, 7) is 0. The molecule has 136 valence electrons. The molecule has 0 aliphatic carbocycles. The molecule has 2 aromatic carbocycles. The van der Waals surface area contributed by atoms with Crippen molar-refractivity contribution in [3.8, 4) is 6.07 Å². The number of amides is 2. The van der Waals surface area contributed by atoms with E-state index in [4.69, 9.17) is 5.26 Å². The fraction of sp³-hybridized carbons (Fsp3) is 0. The van der Waals surface area contributed by atoms with Crippen LogP contribution in [0.4, 0.5) is 15.8 Å². The quantitative estimate of drug-likeness (QED) is 0.680. The van der Waals surface area contributed by atoms with Crippen LogP contribution < -0.4 is 10.2 Å². The van der Waals surface area contributed by atoms with Gasteiger partial charge in [0.25, 0.3) is 11.8 Å². The van der Waals surface area contributed by atoms with Crippen molar-refractivity contribution in [2.45, 2.75) is 0 Å². The smallest absolute Gasteiger partial charge is 0.282 e. The summed E-state index contributed by atoms with van der Waals surface area (Å²) in [4.78, 5) is 27.9. The summed E-state index contributed by atoms with van der Waals surface area (Å²) >= 11 is 1.35. The summed E-state index contributed by atoms with van der Waals surface area (Å²) in [6.07, 6.45) is 0. The topological polar surface area (TPSA) is 73.2 Å². The van der Waals surface area contributed by atoms with Gasteiger partial charge in [0, 0.05) is 10.6 Å². The van der Waals surface area contributed by atoms with Gasteiger partial charge in [-0.15, -0.1) is 11.3 Å². The third-order valence-electron chi connectivity index (χ3n) is 4.22. The van der Waals surface area contributed by atoms with Crippen LogP contribution in [0.15, 0.2) is 71.7 Å². The normalized spacial score (nSPS) is 13.8. The maximum Gasteiger partial charge on any atom is 0.282 e. The number of imide groups is 1. The predicted molar refractivity (Wildman–Crippen MR) is 105 cm³/mol. The Labute approximate surface area is 164 Å². The van der Waals surface area contributed by atoms with E-state index in [9.17, 15) is 14.0 Å². The zero-order valence-corrected chi connectivity index (χ0v) is 15.2. The van der Waals surface area contributed by atoms with E-state index in [2.05, 4.69) is 5.32 Å². The zero-order valence-electron chi connectivity index (χ0n) is 14.3. The number of rotatable bonds is 4. The number of nitriles is 1. The summed E-state index contributed by atoms with van der Waals surface area (Å²) in [5.74, 6) is -1.37. The van der Waals surface area contributed by atoms with Gasteiger partial charge in [0.2, 0.25) is 0 Å². The Balaban J connectivity index is 1.77. The van der Waals surface area contributed by atoms with Crippen LogP contribution in [0.3, 0.4) is 0 Å². The van der Waals surface area contributed by atoms with Gasteiger partial charge < -0.3 is 5.32 Å². The fourth-order valence-corrected chi connectivity index (χ4v) is 3.66. The molecule has 1 aromatic heterocycles. The lowest BCUT2D eigenvalue weighted by atomic mass is 10.2. The number of nitrogens with one attached hydrogen (secondary N) is 1. The molecule has 0 atom stereocenters. The number of anilines is 2. The number of halogens is 1. The van der Waals surface area contributed by atoms with E-state index in [-0.39, 0.29) is 11.3 Å². The van der Waals surface area contributed by atoms with Gasteiger partial charge in [-0.2, -0.15) is 5.26 Å². The lowest BCUT2D eigenvalue weighted by Crippen LogP contribution is -2.32. The predicted octanol–water partition coefficient (Wildman–Crippen LogP) is 4.16. The number of hydrogen-bond acceptors (Lipinski definition) is 5. The van der Waals surface area contributed by atoms with E-state index < -0.39 is 17.6 Å². The first kappa shape index (κ1) is 17.6. The summed E-state index contributed by atoms with van der Waals surface area (Å²) < 4.78 is 13.2. The first-order valence-electron chi connectivity index (χ1n) is 8.28. The Morgan fingerprint density at radius 2 is 1.68 bits per heavy atom. The number of carbonyl (C=O) groups is 2. The Morgan fingerprint density at radius 3 is 2.29 bits per heavy atom. The maximum absolute atomic E-state index is 13.2. The molecule has 4 rings (SSSR count). The second-order valence-corrected chi connectivity index (χ2v) is 6.91. The van der Waals surface area contributed by atoms with Crippen molar-refractivity contribution in [1.29, 1.82) is 5.26 Å². The average molecular weight is 389 g/mol. The lowest BCUT2D eigenvalue weighted by molar-refractivity contribution is -0.120. The maximum atomic E-state index is 13.2. The minimum atomic E-state index is -0.512. The number of nitrogens with zero attached hydrogens (tertiary/aromatic N) is 2. The van der Waals surface area contributed by atoms with Crippen LogP contribution >= 0.6 is 11.3 Å². The summed E-state index contributed by atoms with van der Waals surface area (Å²) in [5.41, 5.74) is 1.68. The summed E-state index contributed by atoms with van der Waals surface area (Å²) in [6, 6.07) is 17.3. The molecule has 0 bridgehead atoms. The van der Waals surface area contributed by atoms with Crippen molar-refractivity contribution >= 4 is 40.1 Å². The van der Waals surface area contributed by atoms with Crippen molar-refractivity contribution in [3.63, 3.8) is 0 Å². The van der Waals surface area contributed by atoms with E-state index in [1.807, 2.05) is 11.4 Å². The van der Waals surface area contributed by atoms with Gasteiger partial charge in [0.1, 0.15) is 11.5 Å². The van der Waals surface area contributed by atoms with Crippen molar-refractivity contribution < 1.29 is 14.0 Å². The summed E-state index contributed by atoms with van der Waals surface area (Å²) in [7, 11) is 0. The third-order valence-corrected chi connectivity index (χ3v) is 5.11. The number of benzene rings is 2. The molecule has 7 heteroatoms. The minimum Gasteiger partial charge on any atom is -0.350 e. The third kappa shape index (κ3) is 3.06. The largest absolute Gasteiger partial charge is 0.350 e. The number of carbonyl (C=O) groups excluding carboxylic acids is 2. The molecule has 28 heavy (non-hydrogen) atoms. The van der Waals surface area contributed by atoms with E-state index in [1.54, 1.807) is 36.4 Å². The van der Waals surface area contributed by atoms with E-state index in [0.29, 0.717) is 21.8 Å². The zero-order chi connectivity index (χ0) is 19.7. The molecular formula is C21H12FN3O2S. The lowest BCUT2D eigenvalue weighted by Gasteiger charge is -2.15. The molecule has 0 radical (unpaired) electrons. The van der Waals surface area contributed by atoms with E-state index in [0.717, 1.165) is 4.90 Å². The fourth-order valence-electron chi connectivity index (χ4n) is 2.89. The number of hydrogen-bond donors (Lipinski definition) is 1. The van der Waals surface area contributed by atoms with Crippen LogP contribution in [-0.4, -0.2) is 11.8 Å². The van der Waals surface area contributed by atoms with Gasteiger partial charge in [0.15, 0.2) is 0 Å². The van der Waals surface area contributed by atoms with Crippen molar-refractivity contribution in [3.05, 3.63) is 88.0 Å². The van der Waals surface area contributed by atoms with Gasteiger partial charge in [0.05, 0.1) is 22.9 Å². The van der Waals surface area contributed by atoms with Crippen LogP contribution in [0.25, 0.3) is 5.57 Å². The monoisotopic (exact) mass is 389 g/mol. The average Bonchev–Trinajstić information content (AvgIpc) is 3.31. The molecule has 2 amide bonds. The Morgan fingerprint density at radius 1 is 0.964 bits per heavy atom. The first-order chi connectivity index (χ1) is 13.6. The van der Waals surface area contributed by atoms with Gasteiger partial charge in [-0.05, 0) is 60.0 Å². The standard InChI is InChI=1S/C21H12FN3O2S/c22-14-5-7-15(8-6-14)24-19-18(17-2-1-11-28-17)20(26)25(21(19)27)16-9-3-13(12-23)4-10-16/h1-11,24H. The molecule has 1 N–H and O–H groups in total. The highest BCUT2D eigenvalue weighted by Gasteiger charge is 2.40. The molecule has 5 nitrogen and oxygen atoms in total. The minimum absolute atomic E-state index is 0.128. The SMILES string of the molecule is N#Cc1ccc(N2C(=O)C(Nc3ccc(F)cc3)=C(c3cccs3)C2=O)cc1. The second-order valence-electron chi connectivity index (χ2n) is 5.96. The van der Waals surface area contributed by atoms with Gasteiger partial charge >= 0.3 is 0 Å². The van der Waals surface area contributed by atoms with Crippen LogP contribution in [-0.2, 0) is 9.59 Å². The highest BCUT2D eigenvalue weighted by atomic mass is 32.1. The molecule has 1 aliphatic heterocycles. The van der Waals surface area contributed by atoms with Crippen LogP contribution in [0.1, 0.15) is 10.4 Å². The molecule has 0 saturated carbocycles. The highest BCUT2D eigenvalue weighted by Crippen LogP contribution is 2.35. The van der Waals surface area contributed by atoms with Gasteiger partial charge in [-0.25, -0.2) is 9.29 Å². The van der Waals surface area contributed by atoms with E-state index >= 15 is 0 Å². The Kier molecular flexibility index (Phi) is 4.47. The molecule has 3 aromatic rings. The molecular weight excluding hydrogens is 377 g/mol. The highest BCUT2D eigenvalue weighted by molar-refractivity contribution is 7.11. The van der Waals surface area contributed by atoms with Crippen LogP contribution in [0, 0.1) is 17.1 Å². The van der Waals surface area contributed by atoms with Crippen molar-refractivity contribution in [2.75, 3.05) is 10.2 Å². The Bertz CT molecular complexity index is 1130. The molecule has 2 heterocycles. The first-order valence-corrected chi connectivity index (χ1v) is 9.16. The molecule has 0 spiro atoms. The summed E-state index contributed by atoms with van der Waals surface area (Å²) in [5, 5.41) is 13.7. The number of thiophene rings is 1. The van der Waals surface area contributed by atoms with Crippen LogP contribution in [0.5, 0.6) is 0 Å². The molecule has 0 saturated heterocycles. The Hall–Kier alpha value is -3.76. The van der Waals surface area contributed by atoms with Crippen LogP contribution in [0.2, 0.25) is 0 Å². The van der Waals surface area contributed by atoms with Gasteiger partial charge in [-0.1, -0.05) is 6.07 Å². The molecule has 1 aliphatic rings. The molecule has 0 fully saturated rings. The second kappa shape index (κ2) is 7.10. The van der Waals surface area contributed by atoms with Crippen molar-refractivity contribution in [1.82, 2.24) is 0 Å². The van der Waals surface area contributed by atoms with Crippen molar-refractivity contribution in [2.24, 2.45) is 0 Å².